The standard InChI is InChI=1S/C19H26N2O3S/c22-18(23)15-6-8-16(9-7-15)20-19(24)21-11-10-14(12-21)13-25-17-4-2-1-3-5-17/h1-5,14-16H,6-13H2,(H,20,24)(H,22,23). The van der Waals surface area contributed by atoms with Crippen LogP contribution in [0.25, 0.3) is 0 Å². The van der Waals surface area contributed by atoms with Crippen LogP contribution in [-0.2, 0) is 4.79 Å². The van der Waals surface area contributed by atoms with Gasteiger partial charge in [-0.3, -0.25) is 4.79 Å². The molecule has 1 unspecified atom stereocenters. The summed E-state index contributed by atoms with van der Waals surface area (Å²) in [6, 6.07) is 10.5. The molecule has 1 heterocycles. The number of benzene rings is 1. The molecule has 2 N–H and O–H groups in total. The molecule has 25 heavy (non-hydrogen) atoms. The van der Waals surface area contributed by atoms with Gasteiger partial charge in [0.2, 0.25) is 0 Å². The Morgan fingerprint density at radius 2 is 1.84 bits per heavy atom. The number of carboxylic acid groups (broad SMARTS) is 1. The lowest BCUT2D eigenvalue weighted by atomic mass is 9.86. The van der Waals surface area contributed by atoms with Crippen LogP contribution in [0.15, 0.2) is 35.2 Å². The van der Waals surface area contributed by atoms with Crippen molar-refractivity contribution in [2.45, 2.75) is 43.0 Å². The minimum atomic E-state index is -0.705. The van der Waals surface area contributed by atoms with E-state index in [-0.39, 0.29) is 18.0 Å². The van der Waals surface area contributed by atoms with E-state index in [1.165, 1.54) is 4.90 Å². The van der Waals surface area contributed by atoms with Crippen molar-refractivity contribution in [1.82, 2.24) is 10.2 Å². The average molecular weight is 362 g/mol. The molecule has 2 amide bonds. The number of nitrogens with zero attached hydrogens (tertiary/aromatic N) is 1. The summed E-state index contributed by atoms with van der Waals surface area (Å²) in [4.78, 5) is 26.6. The van der Waals surface area contributed by atoms with E-state index < -0.39 is 5.97 Å². The van der Waals surface area contributed by atoms with Gasteiger partial charge in [-0.15, -0.1) is 11.8 Å². The van der Waals surface area contributed by atoms with E-state index in [0.29, 0.717) is 18.8 Å². The minimum absolute atomic E-state index is 0.0194. The highest BCUT2D eigenvalue weighted by atomic mass is 32.2. The molecule has 2 aliphatic rings. The molecule has 6 heteroatoms. The number of hydrogen-bond acceptors (Lipinski definition) is 3. The fourth-order valence-electron chi connectivity index (χ4n) is 3.63. The highest BCUT2D eigenvalue weighted by Crippen LogP contribution is 2.27. The highest BCUT2D eigenvalue weighted by Gasteiger charge is 2.30. The molecule has 1 saturated carbocycles. The molecule has 1 aromatic rings. The summed E-state index contributed by atoms with van der Waals surface area (Å²) in [6.45, 7) is 1.63. The maximum atomic E-state index is 12.4. The van der Waals surface area contributed by atoms with E-state index in [4.69, 9.17) is 5.11 Å². The lowest BCUT2D eigenvalue weighted by Crippen LogP contribution is -2.45. The zero-order chi connectivity index (χ0) is 17.6. The Morgan fingerprint density at radius 3 is 2.52 bits per heavy atom. The third-order valence-corrected chi connectivity index (χ3v) is 6.45. The van der Waals surface area contributed by atoms with E-state index in [9.17, 15) is 9.59 Å². The van der Waals surface area contributed by atoms with Gasteiger partial charge in [-0.05, 0) is 50.2 Å². The zero-order valence-electron chi connectivity index (χ0n) is 14.4. The molecule has 1 aromatic carbocycles. The molecule has 0 radical (unpaired) electrons. The summed E-state index contributed by atoms with van der Waals surface area (Å²) in [5.74, 6) is 0.637. The largest absolute Gasteiger partial charge is 0.481 e. The average Bonchev–Trinajstić information content (AvgIpc) is 3.10. The van der Waals surface area contributed by atoms with Crippen LogP contribution in [0.4, 0.5) is 4.79 Å². The number of thioether (sulfide) groups is 1. The number of amides is 2. The van der Waals surface area contributed by atoms with Gasteiger partial charge in [0.25, 0.3) is 0 Å². The lowest BCUT2D eigenvalue weighted by molar-refractivity contribution is -0.142. The maximum absolute atomic E-state index is 12.4. The highest BCUT2D eigenvalue weighted by molar-refractivity contribution is 7.99. The Morgan fingerprint density at radius 1 is 1.12 bits per heavy atom. The molecule has 0 bridgehead atoms. The fraction of sp³-hybridized carbons (Fsp3) is 0.579. The number of rotatable bonds is 5. The number of likely N-dealkylation sites (tertiary alicyclic amines) is 1. The van der Waals surface area contributed by atoms with Gasteiger partial charge in [0.05, 0.1) is 5.92 Å². The number of urea groups is 1. The number of nitrogens with one attached hydrogen (secondary N) is 1. The van der Waals surface area contributed by atoms with Gasteiger partial charge < -0.3 is 15.3 Å². The van der Waals surface area contributed by atoms with Crippen LogP contribution in [0, 0.1) is 11.8 Å². The third-order valence-electron chi connectivity index (χ3n) is 5.21. The maximum Gasteiger partial charge on any atom is 0.317 e. The van der Waals surface area contributed by atoms with Crippen LogP contribution in [0.3, 0.4) is 0 Å². The smallest absolute Gasteiger partial charge is 0.317 e. The zero-order valence-corrected chi connectivity index (χ0v) is 15.2. The summed E-state index contributed by atoms with van der Waals surface area (Å²) < 4.78 is 0. The summed E-state index contributed by atoms with van der Waals surface area (Å²) in [5, 5.41) is 12.1. The number of carbonyl (C=O) groups excluding carboxylic acids is 1. The van der Waals surface area contributed by atoms with Crippen molar-refractivity contribution in [3.63, 3.8) is 0 Å². The van der Waals surface area contributed by atoms with Crippen molar-refractivity contribution in [2.75, 3.05) is 18.8 Å². The van der Waals surface area contributed by atoms with Crippen LogP contribution >= 0.6 is 11.8 Å². The topological polar surface area (TPSA) is 69.6 Å². The van der Waals surface area contributed by atoms with Crippen LogP contribution in [0.5, 0.6) is 0 Å². The predicted octanol–water partition coefficient (Wildman–Crippen LogP) is 3.45. The Bertz CT molecular complexity index is 588. The molecule has 1 aliphatic carbocycles. The first-order valence-corrected chi connectivity index (χ1v) is 10.1. The molecule has 1 aliphatic heterocycles. The summed E-state index contributed by atoms with van der Waals surface area (Å²) in [6.07, 6.45) is 3.92. The van der Waals surface area contributed by atoms with Gasteiger partial charge in [-0.25, -0.2) is 4.79 Å². The predicted molar refractivity (Wildman–Crippen MR) is 98.8 cm³/mol. The first-order valence-electron chi connectivity index (χ1n) is 9.08. The summed E-state index contributed by atoms with van der Waals surface area (Å²) >= 11 is 1.86. The van der Waals surface area contributed by atoms with Crippen LogP contribution in [0.1, 0.15) is 32.1 Å². The van der Waals surface area contributed by atoms with Gasteiger partial charge in [0, 0.05) is 29.8 Å². The Kier molecular flexibility index (Phi) is 6.24. The van der Waals surface area contributed by atoms with E-state index in [0.717, 1.165) is 38.1 Å². The summed E-state index contributed by atoms with van der Waals surface area (Å²) in [7, 11) is 0. The van der Waals surface area contributed by atoms with Gasteiger partial charge in [-0.2, -0.15) is 0 Å². The minimum Gasteiger partial charge on any atom is -0.481 e. The van der Waals surface area contributed by atoms with E-state index in [1.54, 1.807) is 0 Å². The molecular weight excluding hydrogens is 336 g/mol. The second-order valence-electron chi connectivity index (χ2n) is 7.06. The van der Waals surface area contributed by atoms with Gasteiger partial charge in [0.1, 0.15) is 0 Å². The quantitative estimate of drug-likeness (QED) is 0.787. The Hall–Kier alpha value is -1.69. The molecule has 3 rings (SSSR count). The van der Waals surface area contributed by atoms with E-state index in [2.05, 4.69) is 29.6 Å². The number of carbonyl (C=O) groups is 2. The lowest BCUT2D eigenvalue weighted by Gasteiger charge is -2.28. The van der Waals surface area contributed by atoms with Crippen molar-refractivity contribution < 1.29 is 14.7 Å². The van der Waals surface area contributed by atoms with Crippen molar-refractivity contribution in [2.24, 2.45) is 11.8 Å². The van der Waals surface area contributed by atoms with Crippen molar-refractivity contribution in [3.05, 3.63) is 30.3 Å². The second kappa shape index (κ2) is 8.61. The monoisotopic (exact) mass is 362 g/mol. The molecule has 0 aromatic heterocycles. The molecule has 1 saturated heterocycles. The SMILES string of the molecule is O=C(O)C1CCC(NC(=O)N2CCC(CSc3ccccc3)C2)CC1. The molecule has 136 valence electrons. The molecule has 1 atom stereocenters. The van der Waals surface area contributed by atoms with Crippen molar-refractivity contribution >= 4 is 23.8 Å². The van der Waals surface area contributed by atoms with Gasteiger partial charge >= 0.3 is 12.0 Å². The van der Waals surface area contributed by atoms with Crippen molar-refractivity contribution in [3.8, 4) is 0 Å². The fourth-order valence-corrected chi connectivity index (χ4v) is 4.68. The van der Waals surface area contributed by atoms with E-state index >= 15 is 0 Å². The van der Waals surface area contributed by atoms with Gasteiger partial charge in [-0.1, -0.05) is 18.2 Å². The molecule has 0 spiro atoms. The normalized spacial score (nSPS) is 26.4. The Balaban J connectivity index is 1.38. The molecule has 5 nitrogen and oxygen atoms in total. The third kappa shape index (κ3) is 5.14. The molecular formula is C19H26N2O3S. The number of hydrogen-bond donors (Lipinski definition) is 2. The second-order valence-corrected chi connectivity index (χ2v) is 8.15. The van der Waals surface area contributed by atoms with Crippen LogP contribution in [-0.4, -0.2) is 46.9 Å². The number of aliphatic carboxylic acids is 1. The first-order chi connectivity index (χ1) is 12.1. The van der Waals surface area contributed by atoms with Crippen LogP contribution < -0.4 is 5.32 Å². The molecule has 2 fully saturated rings. The van der Waals surface area contributed by atoms with Crippen LogP contribution in [0.2, 0.25) is 0 Å². The first kappa shape index (κ1) is 18.1. The van der Waals surface area contributed by atoms with E-state index in [1.807, 2.05) is 22.7 Å². The summed E-state index contributed by atoms with van der Waals surface area (Å²) in [5.41, 5.74) is 0. The van der Waals surface area contributed by atoms with Crippen molar-refractivity contribution in [1.29, 1.82) is 0 Å². The Labute approximate surface area is 153 Å². The van der Waals surface area contributed by atoms with Gasteiger partial charge in [0.15, 0.2) is 0 Å². The number of carboxylic acids is 1.